The van der Waals surface area contributed by atoms with E-state index in [0.29, 0.717) is 16.6 Å². The van der Waals surface area contributed by atoms with Gasteiger partial charge in [0.05, 0.1) is 23.7 Å². The highest BCUT2D eigenvalue weighted by atomic mass is 35.5. The first kappa shape index (κ1) is 17.2. The minimum atomic E-state index is -0.441. The zero-order valence-corrected chi connectivity index (χ0v) is 15.4. The lowest BCUT2D eigenvalue weighted by molar-refractivity contribution is 0.0601. The summed E-state index contributed by atoms with van der Waals surface area (Å²) in [6, 6.07) is 5.66. The third-order valence-corrected chi connectivity index (χ3v) is 5.57. The van der Waals surface area contributed by atoms with Crippen LogP contribution in [0.1, 0.15) is 42.5 Å². The van der Waals surface area contributed by atoms with E-state index >= 15 is 0 Å². The first-order chi connectivity index (χ1) is 11.6. The molecule has 1 aromatic heterocycles. The van der Waals surface area contributed by atoms with Gasteiger partial charge in [0, 0.05) is 12.6 Å². The number of aromatic nitrogens is 2. The summed E-state index contributed by atoms with van der Waals surface area (Å²) in [7, 11) is 3.25. The molecule has 0 atom stereocenters. The SMILES string of the molecule is COC(=O)c1ccc(-c2nn(C)/c(=N\C3CCCCC3)s2)cc1Cl. The zero-order valence-electron chi connectivity index (χ0n) is 13.8. The Balaban J connectivity index is 1.90. The first-order valence-corrected chi connectivity index (χ1v) is 9.24. The van der Waals surface area contributed by atoms with Gasteiger partial charge >= 0.3 is 5.97 Å². The first-order valence-electron chi connectivity index (χ1n) is 8.04. The largest absolute Gasteiger partial charge is 0.465 e. The molecular weight excluding hydrogens is 346 g/mol. The van der Waals surface area contributed by atoms with E-state index < -0.39 is 5.97 Å². The molecule has 2 aromatic rings. The van der Waals surface area contributed by atoms with Gasteiger partial charge in [-0.3, -0.25) is 4.99 Å². The third-order valence-electron chi connectivity index (χ3n) is 4.19. The molecule has 128 valence electrons. The zero-order chi connectivity index (χ0) is 17.1. The molecule has 1 aliphatic carbocycles. The van der Waals surface area contributed by atoms with E-state index in [1.54, 1.807) is 23.5 Å². The molecule has 0 radical (unpaired) electrons. The van der Waals surface area contributed by atoms with E-state index in [-0.39, 0.29) is 0 Å². The Morgan fingerprint density at radius 2 is 2.12 bits per heavy atom. The van der Waals surface area contributed by atoms with E-state index in [0.717, 1.165) is 28.2 Å². The van der Waals surface area contributed by atoms with E-state index in [1.807, 2.05) is 17.8 Å². The Labute approximate surface area is 149 Å². The van der Waals surface area contributed by atoms with Gasteiger partial charge in [-0.2, -0.15) is 5.10 Å². The highest BCUT2D eigenvalue weighted by Gasteiger charge is 2.15. The summed E-state index contributed by atoms with van der Waals surface area (Å²) in [6.07, 6.45) is 6.15. The number of benzene rings is 1. The summed E-state index contributed by atoms with van der Waals surface area (Å²) in [4.78, 5) is 17.4. The number of carbonyl (C=O) groups excluding carboxylic acids is 1. The predicted molar refractivity (Wildman–Crippen MR) is 95.3 cm³/mol. The van der Waals surface area contributed by atoms with Crippen molar-refractivity contribution < 1.29 is 9.53 Å². The molecule has 0 spiro atoms. The van der Waals surface area contributed by atoms with E-state index in [9.17, 15) is 4.79 Å². The third kappa shape index (κ3) is 3.70. The molecule has 24 heavy (non-hydrogen) atoms. The summed E-state index contributed by atoms with van der Waals surface area (Å²) in [5.41, 5.74) is 1.23. The number of rotatable bonds is 3. The highest BCUT2D eigenvalue weighted by Crippen LogP contribution is 2.26. The minimum absolute atomic E-state index is 0.357. The van der Waals surface area contributed by atoms with Gasteiger partial charge < -0.3 is 4.74 Å². The van der Waals surface area contributed by atoms with Crippen LogP contribution in [0.2, 0.25) is 5.02 Å². The fourth-order valence-electron chi connectivity index (χ4n) is 2.87. The quantitative estimate of drug-likeness (QED) is 0.777. The summed E-state index contributed by atoms with van der Waals surface area (Å²) in [5, 5.41) is 5.75. The molecule has 3 rings (SSSR count). The van der Waals surface area contributed by atoms with Gasteiger partial charge in [-0.25, -0.2) is 9.48 Å². The Morgan fingerprint density at radius 1 is 1.38 bits per heavy atom. The minimum Gasteiger partial charge on any atom is -0.465 e. The molecule has 0 N–H and O–H groups in total. The second-order valence-electron chi connectivity index (χ2n) is 5.92. The maximum atomic E-state index is 11.6. The second kappa shape index (κ2) is 7.49. The molecule has 0 unspecified atom stereocenters. The van der Waals surface area contributed by atoms with Crippen molar-refractivity contribution in [1.29, 1.82) is 0 Å². The molecule has 0 amide bonds. The smallest absolute Gasteiger partial charge is 0.339 e. The van der Waals surface area contributed by atoms with Gasteiger partial charge in [0.15, 0.2) is 0 Å². The number of esters is 1. The lowest BCUT2D eigenvalue weighted by Crippen LogP contribution is -2.18. The summed E-state index contributed by atoms with van der Waals surface area (Å²) in [5.74, 6) is -0.441. The molecule has 1 heterocycles. The van der Waals surface area contributed by atoms with Gasteiger partial charge in [0.2, 0.25) is 4.80 Å². The molecule has 1 aromatic carbocycles. The van der Waals surface area contributed by atoms with Crippen molar-refractivity contribution in [3.05, 3.63) is 33.6 Å². The van der Waals surface area contributed by atoms with E-state index in [2.05, 4.69) is 5.10 Å². The van der Waals surface area contributed by atoms with Crippen molar-refractivity contribution >= 4 is 28.9 Å². The number of ether oxygens (including phenoxy) is 1. The molecule has 1 saturated carbocycles. The summed E-state index contributed by atoms with van der Waals surface area (Å²) >= 11 is 7.75. The summed E-state index contributed by atoms with van der Waals surface area (Å²) < 4.78 is 6.53. The number of aryl methyl sites for hydroxylation is 1. The predicted octanol–water partition coefficient (Wildman–Crippen LogP) is 3.82. The molecule has 7 heteroatoms. The van der Waals surface area contributed by atoms with Gasteiger partial charge in [-0.1, -0.05) is 48.3 Å². The average molecular weight is 366 g/mol. The lowest BCUT2D eigenvalue weighted by Gasteiger charge is -2.16. The van der Waals surface area contributed by atoms with Crippen LogP contribution in [-0.2, 0) is 11.8 Å². The normalized spacial score (nSPS) is 16.4. The monoisotopic (exact) mass is 365 g/mol. The number of hydrogen-bond acceptors (Lipinski definition) is 5. The van der Waals surface area contributed by atoms with Crippen molar-refractivity contribution in [2.24, 2.45) is 12.0 Å². The standard InChI is InChI=1S/C17H20ClN3O2S/c1-21-17(19-12-6-4-3-5-7-12)24-15(20-21)11-8-9-13(14(18)10-11)16(22)23-2/h8-10,12H,3-7H2,1-2H3/b19-17+. The van der Waals surface area contributed by atoms with Gasteiger partial charge in [0.1, 0.15) is 5.01 Å². The number of methoxy groups -OCH3 is 1. The molecular formula is C17H20ClN3O2S. The van der Waals surface area contributed by atoms with Crippen LogP contribution in [0.3, 0.4) is 0 Å². The molecule has 1 aliphatic rings. The van der Waals surface area contributed by atoms with Gasteiger partial charge in [0.25, 0.3) is 0 Å². The summed E-state index contributed by atoms with van der Waals surface area (Å²) in [6.45, 7) is 0. The van der Waals surface area contributed by atoms with Crippen LogP contribution < -0.4 is 4.80 Å². The van der Waals surface area contributed by atoms with Gasteiger partial charge in [-0.05, 0) is 25.0 Å². The van der Waals surface area contributed by atoms with Gasteiger partial charge in [-0.15, -0.1) is 0 Å². The number of hydrogen-bond donors (Lipinski definition) is 0. The van der Waals surface area contributed by atoms with E-state index in [1.165, 1.54) is 26.4 Å². The molecule has 0 saturated heterocycles. The topological polar surface area (TPSA) is 56.5 Å². The van der Waals surface area contributed by atoms with E-state index in [4.69, 9.17) is 21.3 Å². The van der Waals surface area contributed by atoms with Crippen molar-refractivity contribution in [3.8, 4) is 10.6 Å². The van der Waals surface area contributed by atoms with Crippen molar-refractivity contribution in [1.82, 2.24) is 9.78 Å². The fourth-order valence-corrected chi connectivity index (χ4v) is 4.08. The Hall–Kier alpha value is -1.66. The van der Waals surface area contributed by atoms with Crippen LogP contribution in [0.4, 0.5) is 0 Å². The Morgan fingerprint density at radius 3 is 2.79 bits per heavy atom. The molecule has 1 fully saturated rings. The van der Waals surface area contributed by atoms with Crippen LogP contribution in [0.25, 0.3) is 10.6 Å². The lowest BCUT2D eigenvalue weighted by atomic mass is 9.96. The maximum Gasteiger partial charge on any atom is 0.339 e. The molecule has 0 aliphatic heterocycles. The number of carbonyl (C=O) groups is 1. The van der Waals surface area contributed by atoms with Crippen molar-refractivity contribution in [3.63, 3.8) is 0 Å². The molecule has 5 nitrogen and oxygen atoms in total. The van der Waals surface area contributed by atoms with Crippen molar-refractivity contribution in [2.45, 2.75) is 38.1 Å². The Bertz CT molecular complexity index is 806. The van der Waals surface area contributed by atoms with Crippen LogP contribution >= 0.6 is 22.9 Å². The highest BCUT2D eigenvalue weighted by molar-refractivity contribution is 7.12. The van der Waals surface area contributed by atoms with Crippen LogP contribution in [0.5, 0.6) is 0 Å². The van der Waals surface area contributed by atoms with Crippen molar-refractivity contribution in [2.75, 3.05) is 7.11 Å². The number of halogens is 1. The Kier molecular flexibility index (Phi) is 5.36. The van der Waals surface area contributed by atoms with Crippen LogP contribution in [-0.4, -0.2) is 28.9 Å². The number of nitrogens with zero attached hydrogens (tertiary/aromatic N) is 3. The van der Waals surface area contributed by atoms with Crippen LogP contribution in [0, 0.1) is 0 Å². The second-order valence-corrected chi connectivity index (χ2v) is 7.28. The van der Waals surface area contributed by atoms with Crippen LogP contribution in [0.15, 0.2) is 23.2 Å². The maximum absolute atomic E-state index is 11.6. The molecule has 0 bridgehead atoms. The average Bonchev–Trinajstić information content (AvgIpc) is 2.96. The fraction of sp³-hybridized carbons (Fsp3) is 0.471.